The minimum absolute atomic E-state index is 0.0863. The zero-order valence-corrected chi connectivity index (χ0v) is 19.3. The summed E-state index contributed by atoms with van der Waals surface area (Å²) in [7, 11) is -3.72. The molecule has 6 rings (SSSR count). The van der Waals surface area contributed by atoms with Gasteiger partial charge in [0.05, 0.1) is 16.5 Å². The molecule has 3 aliphatic carbocycles. The summed E-state index contributed by atoms with van der Waals surface area (Å²) in [6.07, 6.45) is 6.08. The number of nitrogens with one attached hydrogen (secondary N) is 1. The number of benzene rings is 1. The van der Waals surface area contributed by atoms with E-state index in [1.54, 1.807) is 12.1 Å². The van der Waals surface area contributed by atoms with Crippen molar-refractivity contribution in [3.63, 3.8) is 0 Å². The van der Waals surface area contributed by atoms with Gasteiger partial charge in [-0.2, -0.15) is 4.98 Å². The van der Waals surface area contributed by atoms with Crippen molar-refractivity contribution in [2.45, 2.75) is 62.0 Å². The van der Waals surface area contributed by atoms with Crippen LogP contribution in [0.1, 0.15) is 62.2 Å². The molecule has 3 aliphatic rings. The molecule has 3 N–H and O–H groups in total. The lowest BCUT2D eigenvalue weighted by Gasteiger charge is -2.18. The number of primary sulfonamides is 1. The average molecular weight is 466 g/mol. The van der Waals surface area contributed by atoms with Crippen LogP contribution in [-0.2, 0) is 10.0 Å². The number of fused-ring (bicyclic) bond motifs is 2. The highest BCUT2D eigenvalue weighted by Gasteiger charge is 2.47. The molecule has 0 radical (unpaired) electrons. The van der Waals surface area contributed by atoms with Gasteiger partial charge < -0.3 is 10.1 Å². The fraction of sp³-hybridized carbons (Fsp3) is 0.458. The van der Waals surface area contributed by atoms with Gasteiger partial charge in [-0.05, 0) is 80.7 Å². The standard InChI is InChI=1S/C24H27N5O3S/c1-13(14-4-6-19(7-5-14)33(25,30)31)26-24-28-21-9-8-20(15-2-3-15)27-22(21)23(29-24)32-18-11-16-10-17(16)12-18/h4-9,13,15-18H,2-3,10-12H2,1H3,(H2,25,30,31)(H,26,28,29)/t13-,16-,17+,18+/m1/s1. The van der Waals surface area contributed by atoms with E-state index in [1.165, 1.54) is 31.4 Å². The van der Waals surface area contributed by atoms with Crippen LogP contribution in [0.5, 0.6) is 5.88 Å². The van der Waals surface area contributed by atoms with E-state index < -0.39 is 10.0 Å². The van der Waals surface area contributed by atoms with Crippen molar-refractivity contribution in [2.75, 3.05) is 5.32 Å². The molecule has 0 unspecified atom stereocenters. The van der Waals surface area contributed by atoms with Gasteiger partial charge in [-0.25, -0.2) is 23.5 Å². The number of aromatic nitrogens is 3. The summed E-state index contributed by atoms with van der Waals surface area (Å²) < 4.78 is 29.4. The van der Waals surface area contributed by atoms with Crippen molar-refractivity contribution in [1.29, 1.82) is 0 Å². The van der Waals surface area contributed by atoms with Gasteiger partial charge in [0.1, 0.15) is 6.10 Å². The van der Waals surface area contributed by atoms with Gasteiger partial charge in [0.25, 0.3) is 0 Å². The van der Waals surface area contributed by atoms with Gasteiger partial charge in [-0.1, -0.05) is 12.1 Å². The second kappa shape index (κ2) is 7.63. The van der Waals surface area contributed by atoms with E-state index in [-0.39, 0.29) is 17.0 Å². The molecular weight excluding hydrogens is 438 g/mol. The first kappa shape index (κ1) is 20.8. The SMILES string of the molecule is C[C@@H](Nc1nc(O[C@@H]2C[C@@H]3C[C@@H]3C2)c2nc(C3CC3)ccc2n1)c1ccc(S(N)(=O)=O)cc1. The number of rotatable bonds is 7. The smallest absolute Gasteiger partial charge is 0.245 e. The maximum absolute atomic E-state index is 11.5. The number of ether oxygens (including phenoxy) is 1. The number of sulfonamides is 1. The molecule has 8 nitrogen and oxygen atoms in total. The molecule has 3 fully saturated rings. The van der Waals surface area contributed by atoms with Crippen LogP contribution in [0.25, 0.3) is 11.0 Å². The lowest BCUT2D eigenvalue weighted by atomic mass is 10.1. The van der Waals surface area contributed by atoms with Crippen molar-refractivity contribution in [1.82, 2.24) is 15.0 Å². The summed E-state index contributed by atoms with van der Waals surface area (Å²) >= 11 is 0. The second-order valence-corrected chi connectivity index (χ2v) is 11.2. The first-order valence-corrected chi connectivity index (χ1v) is 13.1. The lowest BCUT2D eigenvalue weighted by Crippen LogP contribution is -2.17. The molecular formula is C24H27N5O3S. The average Bonchev–Trinajstić information content (AvgIpc) is 3.71. The molecule has 2 aromatic heterocycles. The van der Waals surface area contributed by atoms with Crippen molar-refractivity contribution < 1.29 is 13.2 Å². The first-order chi connectivity index (χ1) is 15.8. The third-order valence-electron chi connectivity index (χ3n) is 7.06. The first-order valence-electron chi connectivity index (χ1n) is 11.6. The fourth-order valence-electron chi connectivity index (χ4n) is 4.89. The van der Waals surface area contributed by atoms with Gasteiger partial charge >= 0.3 is 0 Å². The highest BCUT2D eigenvalue weighted by molar-refractivity contribution is 7.89. The summed E-state index contributed by atoms with van der Waals surface area (Å²) in [5.74, 6) is 3.18. The largest absolute Gasteiger partial charge is 0.473 e. The number of hydrogen-bond acceptors (Lipinski definition) is 7. The quantitative estimate of drug-likeness (QED) is 0.543. The summed E-state index contributed by atoms with van der Waals surface area (Å²) in [5.41, 5.74) is 3.48. The van der Waals surface area contributed by atoms with Gasteiger partial charge in [-0.15, -0.1) is 0 Å². The molecule has 3 aromatic rings. The van der Waals surface area contributed by atoms with Crippen LogP contribution in [-0.4, -0.2) is 29.5 Å². The third kappa shape index (κ3) is 4.27. The molecule has 1 aromatic carbocycles. The molecule has 0 saturated heterocycles. The molecule has 2 heterocycles. The van der Waals surface area contributed by atoms with Crippen LogP contribution in [0.15, 0.2) is 41.3 Å². The van der Waals surface area contributed by atoms with E-state index in [2.05, 4.69) is 11.4 Å². The molecule has 3 saturated carbocycles. The Kier molecular flexibility index (Phi) is 4.81. The van der Waals surface area contributed by atoms with Crippen LogP contribution in [0.3, 0.4) is 0 Å². The third-order valence-corrected chi connectivity index (χ3v) is 7.99. The second-order valence-electron chi connectivity index (χ2n) is 9.68. The highest BCUT2D eigenvalue weighted by atomic mass is 32.2. The Balaban J connectivity index is 1.29. The molecule has 0 aliphatic heterocycles. The van der Waals surface area contributed by atoms with Crippen LogP contribution in [0, 0.1) is 11.8 Å². The van der Waals surface area contributed by atoms with Crippen molar-refractivity contribution in [3.05, 3.63) is 47.7 Å². The Labute approximate surface area is 193 Å². The van der Waals surface area contributed by atoms with E-state index in [9.17, 15) is 8.42 Å². The predicted molar refractivity (Wildman–Crippen MR) is 124 cm³/mol. The topological polar surface area (TPSA) is 120 Å². The number of hydrogen-bond donors (Lipinski definition) is 2. The molecule has 0 spiro atoms. The number of nitrogens with two attached hydrogens (primary N) is 1. The van der Waals surface area contributed by atoms with Gasteiger partial charge in [0, 0.05) is 11.6 Å². The van der Waals surface area contributed by atoms with Gasteiger partial charge in [-0.3, -0.25) is 0 Å². The van der Waals surface area contributed by atoms with E-state index in [0.717, 1.165) is 47.0 Å². The van der Waals surface area contributed by atoms with E-state index >= 15 is 0 Å². The number of pyridine rings is 1. The zero-order valence-electron chi connectivity index (χ0n) is 18.4. The van der Waals surface area contributed by atoms with Crippen LogP contribution in [0.4, 0.5) is 5.95 Å². The molecule has 4 atom stereocenters. The fourth-order valence-corrected chi connectivity index (χ4v) is 5.41. The summed E-state index contributed by atoms with van der Waals surface area (Å²) in [6.45, 7) is 1.97. The van der Waals surface area contributed by atoms with E-state index in [4.69, 9.17) is 24.8 Å². The Bertz CT molecular complexity index is 1310. The number of anilines is 1. The molecule has 33 heavy (non-hydrogen) atoms. The molecule has 172 valence electrons. The Hall–Kier alpha value is -2.78. The maximum Gasteiger partial charge on any atom is 0.245 e. The number of nitrogens with zero attached hydrogens (tertiary/aromatic N) is 3. The molecule has 0 bridgehead atoms. The minimum Gasteiger partial charge on any atom is -0.473 e. The lowest BCUT2D eigenvalue weighted by molar-refractivity contribution is 0.189. The Morgan fingerprint density at radius 1 is 1.00 bits per heavy atom. The van der Waals surface area contributed by atoms with Crippen molar-refractivity contribution in [2.24, 2.45) is 17.0 Å². The normalized spacial score (nSPS) is 25.0. The van der Waals surface area contributed by atoms with Crippen LogP contribution >= 0.6 is 0 Å². The Morgan fingerprint density at radius 2 is 1.73 bits per heavy atom. The minimum atomic E-state index is -3.72. The monoisotopic (exact) mass is 465 g/mol. The van der Waals surface area contributed by atoms with Gasteiger partial charge in [0.2, 0.25) is 21.9 Å². The van der Waals surface area contributed by atoms with Gasteiger partial charge in [0.15, 0.2) is 5.52 Å². The van der Waals surface area contributed by atoms with Crippen molar-refractivity contribution in [3.8, 4) is 5.88 Å². The van der Waals surface area contributed by atoms with E-state index in [1.807, 2.05) is 13.0 Å². The summed E-state index contributed by atoms with van der Waals surface area (Å²) in [4.78, 5) is 14.4. The van der Waals surface area contributed by atoms with Crippen LogP contribution in [0.2, 0.25) is 0 Å². The van der Waals surface area contributed by atoms with Crippen LogP contribution < -0.4 is 15.2 Å². The van der Waals surface area contributed by atoms with Crippen molar-refractivity contribution >= 4 is 27.0 Å². The predicted octanol–water partition coefficient (Wildman–Crippen LogP) is 3.90. The zero-order chi connectivity index (χ0) is 22.7. The maximum atomic E-state index is 11.5. The Morgan fingerprint density at radius 3 is 2.39 bits per heavy atom. The van der Waals surface area contributed by atoms with E-state index in [0.29, 0.717) is 17.7 Å². The summed E-state index contributed by atoms with van der Waals surface area (Å²) in [6, 6.07) is 10.4. The molecule has 0 amide bonds. The molecule has 9 heteroatoms. The summed E-state index contributed by atoms with van der Waals surface area (Å²) in [5, 5.41) is 8.53. The highest BCUT2D eigenvalue weighted by Crippen LogP contribution is 2.52.